The lowest BCUT2D eigenvalue weighted by molar-refractivity contribution is 0.449. The van der Waals surface area contributed by atoms with E-state index in [0.29, 0.717) is 13.0 Å². The van der Waals surface area contributed by atoms with E-state index in [4.69, 9.17) is 15.9 Å². The van der Waals surface area contributed by atoms with Crippen LogP contribution in [-0.4, -0.2) is 16.8 Å². The van der Waals surface area contributed by atoms with E-state index in [0.717, 1.165) is 5.56 Å². The Kier molecular flexibility index (Phi) is 4.70. The Bertz CT molecular complexity index is 233. The second kappa shape index (κ2) is 5.00. The van der Waals surface area contributed by atoms with E-state index >= 15 is 0 Å². The van der Waals surface area contributed by atoms with Crippen LogP contribution in [0, 0.1) is 0 Å². The number of phenols is 2. The van der Waals surface area contributed by atoms with Crippen LogP contribution in [0.25, 0.3) is 0 Å². The number of hydrogen-bond acceptors (Lipinski definition) is 3. The number of rotatable bonds is 2. The van der Waals surface area contributed by atoms with E-state index in [9.17, 15) is 0 Å². The third-order valence-electron chi connectivity index (χ3n) is 1.40. The van der Waals surface area contributed by atoms with Gasteiger partial charge in [-0.1, -0.05) is 0 Å². The first-order valence-electron chi connectivity index (χ1n) is 3.44. The molecule has 0 aliphatic rings. The number of hydrogen-bond donors (Lipinski definition) is 3. The van der Waals surface area contributed by atoms with Gasteiger partial charge in [0.2, 0.25) is 0 Å². The summed E-state index contributed by atoms with van der Waals surface area (Å²) in [5, 5.41) is 18.0. The first-order chi connectivity index (χ1) is 5.22. The third-order valence-corrected chi connectivity index (χ3v) is 1.40. The van der Waals surface area contributed by atoms with Crippen LogP contribution in [0.3, 0.4) is 0 Å². The molecule has 0 unspecified atom stereocenters. The fourth-order valence-corrected chi connectivity index (χ4v) is 0.967. The van der Waals surface area contributed by atoms with Crippen molar-refractivity contribution >= 4 is 17.0 Å². The van der Waals surface area contributed by atoms with Crippen molar-refractivity contribution in [2.24, 2.45) is 5.73 Å². The predicted octanol–water partition coefficient (Wildman–Crippen LogP) is 1.18. The molecular weight excluding hydrogens is 222 g/mol. The molecule has 1 rings (SSSR count). The number of aromatic hydroxyl groups is 2. The Labute approximate surface area is 81.6 Å². The first-order valence-corrected chi connectivity index (χ1v) is 3.44. The van der Waals surface area contributed by atoms with E-state index < -0.39 is 0 Å². The molecule has 68 valence electrons. The molecule has 0 saturated heterocycles. The summed E-state index contributed by atoms with van der Waals surface area (Å²) in [4.78, 5) is 0. The van der Waals surface area contributed by atoms with Crippen LogP contribution in [0.2, 0.25) is 0 Å². The Morgan fingerprint density at radius 3 is 2.00 bits per heavy atom. The molecule has 1 aromatic carbocycles. The highest BCUT2D eigenvalue weighted by Crippen LogP contribution is 2.20. The van der Waals surface area contributed by atoms with Crippen molar-refractivity contribution in [2.75, 3.05) is 6.54 Å². The highest BCUT2D eigenvalue weighted by Gasteiger charge is 1.96. The monoisotopic (exact) mass is 233 g/mol. The van der Waals surface area contributed by atoms with E-state index in [1.807, 2.05) is 0 Å². The topological polar surface area (TPSA) is 66.5 Å². The predicted molar refractivity (Wildman–Crippen MR) is 52.9 cm³/mol. The summed E-state index contributed by atoms with van der Waals surface area (Å²) in [5.74, 6) is 0.155. The van der Waals surface area contributed by atoms with Gasteiger partial charge in [-0.05, 0) is 30.7 Å². The second-order valence-electron chi connectivity index (χ2n) is 2.40. The second-order valence-corrected chi connectivity index (χ2v) is 2.40. The summed E-state index contributed by atoms with van der Waals surface area (Å²) in [6.45, 7) is 0.517. The minimum absolute atomic E-state index is 0. The Morgan fingerprint density at radius 1 is 1.08 bits per heavy atom. The fourth-order valence-electron chi connectivity index (χ4n) is 0.967. The number of halogens is 1. The molecule has 0 bridgehead atoms. The molecule has 3 nitrogen and oxygen atoms in total. The highest BCUT2D eigenvalue weighted by molar-refractivity contribution is 8.93. The molecular formula is C8H12BrNO2. The van der Waals surface area contributed by atoms with Crippen LogP contribution >= 0.6 is 17.0 Å². The molecule has 1 aromatic rings. The minimum atomic E-state index is 0. The molecule has 0 aliphatic heterocycles. The molecule has 0 aliphatic carbocycles. The average Bonchev–Trinajstić information content (AvgIpc) is 1.85. The van der Waals surface area contributed by atoms with Gasteiger partial charge in [0.15, 0.2) is 0 Å². The number of benzene rings is 1. The van der Waals surface area contributed by atoms with Gasteiger partial charge in [-0.15, -0.1) is 17.0 Å². The van der Waals surface area contributed by atoms with Crippen LogP contribution in [0.4, 0.5) is 0 Å². The van der Waals surface area contributed by atoms with Gasteiger partial charge < -0.3 is 15.9 Å². The minimum Gasteiger partial charge on any atom is -0.508 e. The maximum atomic E-state index is 9.02. The Balaban J connectivity index is 0.00000121. The van der Waals surface area contributed by atoms with Crippen molar-refractivity contribution in [3.05, 3.63) is 23.8 Å². The summed E-state index contributed by atoms with van der Waals surface area (Å²) in [6, 6.07) is 4.47. The molecule has 0 fully saturated rings. The van der Waals surface area contributed by atoms with Gasteiger partial charge in [-0.25, -0.2) is 0 Å². The van der Waals surface area contributed by atoms with Crippen LogP contribution < -0.4 is 5.73 Å². The maximum absolute atomic E-state index is 9.02. The molecule has 0 heterocycles. The number of nitrogens with two attached hydrogens (primary N) is 1. The number of phenolic OH excluding ortho intramolecular Hbond substituents is 2. The average molecular weight is 234 g/mol. The normalized spacial score (nSPS) is 9.08. The summed E-state index contributed by atoms with van der Waals surface area (Å²) in [7, 11) is 0. The molecule has 12 heavy (non-hydrogen) atoms. The fraction of sp³-hybridized carbons (Fsp3) is 0.250. The molecule has 0 radical (unpaired) electrons. The van der Waals surface area contributed by atoms with Gasteiger partial charge in [-0.3, -0.25) is 0 Å². The standard InChI is InChI=1S/C8H11NO2.BrH/c9-2-1-6-3-7(10)5-8(11)4-6;/h3-5,10-11H,1-2,9H2;1H. The molecule has 0 atom stereocenters. The largest absolute Gasteiger partial charge is 0.508 e. The molecule has 0 aromatic heterocycles. The van der Waals surface area contributed by atoms with Crippen LogP contribution in [-0.2, 0) is 6.42 Å². The van der Waals surface area contributed by atoms with Crippen molar-refractivity contribution in [1.82, 2.24) is 0 Å². The molecule has 0 amide bonds. The summed E-state index contributed by atoms with van der Waals surface area (Å²) < 4.78 is 0. The van der Waals surface area contributed by atoms with Crippen molar-refractivity contribution in [1.29, 1.82) is 0 Å². The summed E-state index contributed by atoms with van der Waals surface area (Å²) >= 11 is 0. The lowest BCUT2D eigenvalue weighted by Crippen LogP contribution is -2.02. The SMILES string of the molecule is Br.NCCc1cc(O)cc(O)c1. The smallest absolute Gasteiger partial charge is 0.119 e. The quantitative estimate of drug-likeness (QED) is 0.719. The van der Waals surface area contributed by atoms with Crippen LogP contribution in [0.5, 0.6) is 11.5 Å². The van der Waals surface area contributed by atoms with Crippen LogP contribution in [0.1, 0.15) is 5.56 Å². The first kappa shape index (κ1) is 11.3. The van der Waals surface area contributed by atoms with E-state index in [1.54, 1.807) is 12.1 Å². The molecule has 4 heteroatoms. The van der Waals surface area contributed by atoms with Gasteiger partial charge in [0.05, 0.1) is 0 Å². The highest BCUT2D eigenvalue weighted by atomic mass is 79.9. The lowest BCUT2D eigenvalue weighted by atomic mass is 10.1. The third kappa shape index (κ3) is 3.11. The van der Waals surface area contributed by atoms with E-state index in [-0.39, 0.29) is 28.5 Å². The Morgan fingerprint density at radius 2 is 1.58 bits per heavy atom. The van der Waals surface area contributed by atoms with Gasteiger partial charge in [0.1, 0.15) is 11.5 Å². The zero-order valence-electron chi connectivity index (χ0n) is 6.53. The summed E-state index contributed by atoms with van der Waals surface area (Å²) in [6.07, 6.45) is 0.669. The van der Waals surface area contributed by atoms with Crippen molar-refractivity contribution in [3.8, 4) is 11.5 Å². The summed E-state index contributed by atoms with van der Waals surface area (Å²) in [5.41, 5.74) is 6.15. The zero-order chi connectivity index (χ0) is 8.27. The van der Waals surface area contributed by atoms with Crippen molar-refractivity contribution in [2.45, 2.75) is 6.42 Å². The van der Waals surface area contributed by atoms with Gasteiger partial charge >= 0.3 is 0 Å². The maximum Gasteiger partial charge on any atom is 0.119 e. The molecule has 4 N–H and O–H groups in total. The Hall–Kier alpha value is -0.740. The van der Waals surface area contributed by atoms with Crippen molar-refractivity contribution in [3.63, 3.8) is 0 Å². The van der Waals surface area contributed by atoms with Gasteiger partial charge in [0, 0.05) is 6.07 Å². The zero-order valence-corrected chi connectivity index (χ0v) is 8.24. The molecule has 0 spiro atoms. The van der Waals surface area contributed by atoms with E-state index in [2.05, 4.69) is 0 Å². The van der Waals surface area contributed by atoms with Gasteiger partial charge in [0.25, 0.3) is 0 Å². The molecule has 0 saturated carbocycles. The van der Waals surface area contributed by atoms with Crippen molar-refractivity contribution < 1.29 is 10.2 Å². The van der Waals surface area contributed by atoms with E-state index in [1.165, 1.54) is 6.07 Å². The lowest BCUT2D eigenvalue weighted by Gasteiger charge is -2.00. The van der Waals surface area contributed by atoms with Gasteiger partial charge in [-0.2, -0.15) is 0 Å². The van der Waals surface area contributed by atoms with Crippen LogP contribution in [0.15, 0.2) is 18.2 Å².